The molecular formula is C14H12ClFN2O3. The Balaban J connectivity index is 2.17. The molecule has 0 aliphatic heterocycles. The van der Waals surface area contributed by atoms with E-state index in [1.165, 1.54) is 19.2 Å². The van der Waals surface area contributed by atoms with Crippen LogP contribution in [0.3, 0.4) is 0 Å². The summed E-state index contributed by atoms with van der Waals surface area (Å²) in [5.74, 6) is -0.0700. The van der Waals surface area contributed by atoms with Gasteiger partial charge in [0.1, 0.15) is 5.75 Å². The standard InChI is InChI=1S/C14H12ClFN2O3/c1-21-14-5-2-10(15)6-9(14)8-17-13-4-3-11(18(19)20)7-12(13)16/h2-7,17H,8H2,1H3. The van der Waals surface area contributed by atoms with Gasteiger partial charge in [0.15, 0.2) is 5.82 Å². The zero-order valence-electron chi connectivity index (χ0n) is 11.1. The molecule has 0 aliphatic carbocycles. The Morgan fingerprint density at radius 1 is 1.33 bits per heavy atom. The molecule has 21 heavy (non-hydrogen) atoms. The molecule has 0 saturated heterocycles. The molecule has 110 valence electrons. The van der Waals surface area contributed by atoms with Crippen LogP contribution in [0.4, 0.5) is 15.8 Å². The minimum Gasteiger partial charge on any atom is -0.496 e. The minimum absolute atomic E-state index is 0.169. The Bertz CT molecular complexity index is 679. The third-order valence-electron chi connectivity index (χ3n) is 2.88. The van der Waals surface area contributed by atoms with E-state index in [1.807, 2.05) is 0 Å². The summed E-state index contributed by atoms with van der Waals surface area (Å²) in [4.78, 5) is 9.91. The van der Waals surface area contributed by atoms with Gasteiger partial charge in [0.2, 0.25) is 0 Å². The highest BCUT2D eigenvalue weighted by molar-refractivity contribution is 6.30. The fraction of sp³-hybridized carbons (Fsp3) is 0.143. The molecule has 0 atom stereocenters. The van der Waals surface area contributed by atoms with E-state index in [0.29, 0.717) is 10.8 Å². The van der Waals surface area contributed by atoms with Gasteiger partial charge in [0.25, 0.3) is 5.69 Å². The van der Waals surface area contributed by atoms with Gasteiger partial charge in [-0.3, -0.25) is 10.1 Å². The first-order valence-electron chi connectivity index (χ1n) is 6.01. The van der Waals surface area contributed by atoms with Crippen molar-refractivity contribution in [3.63, 3.8) is 0 Å². The molecule has 0 spiro atoms. The summed E-state index contributed by atoms with van der Waals surface area (Å²) in [7, 11) is 1.53. The maximum absolute atomic E-state index is 13.8. The fourth-order valence-corrected chi connectivity index (χ4v) is 2.03. The maximum Gasteiger partial charge on any atom is 0.272 e. The Morgan fingerprint density at radius 3 is 2.71 bits per heavy atom. The molecular weight excluding hydrogens is 299 g/mol. The van der Waals surface area contributed by atoms with Gasteiger partial charge in [-0.05, 0) is 24.3 Å². The predicted octanol–water partition coefficient (Wildman–Crippen LogP) is 4.01. The fourth-order valence-electron chi connectivity index (χ4n) is 1.84. The summed E-state index contributed by atoms with van der Waals surface area (Å²) in [6.45, 7) is 0.276. The minimum atomic E-state index is -0.690. The Kier molecular flexibility index (Phi) is 4.59. The average Bonchev–Trinajstić information content (AvgIpc) is 2.46. The number of halogens is 2. The van der Waals surface area contributed by atoms with E-state index in [4.69, 9.17) is 16.3 Å². The van der Waals surface area contributed by atoms with E-state index >= 15 is 0 Å². The second-order valence-corrected chi connectivity index (χ2v) is 4.67. The number of nitro groups is 1. The molecule has 5 nitrogen and oxygen atoms in total. The smallest absolute Gasteiger partial charge is 0.272 e. The van der Waals surface area contributed by atoms with Crippen LogP contribution in [0.5, 0.6) is 5.75 Å². The second kappa shape index (κ2) is 6.41. The zero-order valence-corrected chi connectivity index (χ0v) is 11.9. The molecule has 7 heteroatoms. The first-order valence-corrected chi connectivity index (χ1v) is 6.39. The van der Waals surface area contributed by atoms with Crippen molar-refractivity contribution in [3.8, 4) is 5.75 Å². The van der Waals surface area contributed by atoms with Crippen molar-refractivity contribution in [2.45, 2.75) is 6.54 Å². The summed E-state index contributed by atoms with van der Waals surface area (Å²) < 4.78 is 18.9. The SMILES string of the molecule is COc1ccc(Cl)cc1CNc1ccc([N+](=O)[O-])cc1F. The van der Waals surface area contributed by atoms with Gasteiger partial charge in [0.05, 0.1) is 23.8 Å². The third kappa shape index (κ3) is 3.61. The van der Waals surface area contributed by atoms with Gasteiger partial charge in [-0.15, -0.1) is 0 Å². The molecule has 2 aromatic rings. The highest BCUT2D eigenvalue weighted by Crippen LogP contribution is 2.25. The average molecular weight is 311 g/mol. The van der Waals surface area contributed by atoms with Crippen LogP contribution in [-0.4, -0.2) is 12.0 Å². The summed E-state index contributed by atoms with van der Waals surface area (Å²) in [6.07, 6.45) is 0. The number of nitrogens with one attached hydrogen (secondary N) is 1. The lowest BCUT2D eigenvalue weighted by Crippen LogP contribution is -2.03. The van der Waals surface area contributed by atoms with Crippen LogP contribution in [0.25, 0.3) is 0 Å². The summed E-state index contributed by atoms with van der Waals surface area (Å²) in [6, 6.07) is 8.54. The lowest BCUT2D eigenvalue weighted by Gasteiger charge is -2.11. The van der Waals surface area contributed by atoms with Gasteiger partial charge in [0, 0.05) is 23.2 Å². The summed E-state index contributed by atoms with van der Waals surface area (Å²) >= 11 is 5.91. The number of nitro benzene ring substituents is 1. The van der Waals surface area contributed by atoms with Crippen molar-refractivity contribution in [1.82, 2.24) is 0 Å². The third-order valence-corrected chi connectivity index (χ3v) is 3.11. The lowest BCUT2D eigenvalue weighted by atomic mass is 10.2. The van der Waals surface area contributed by atoms with E-state index in [2.05, 4.69) is 5.32 Å². The maximum atomic E-state index is 13.8. The Morgan fingerprint density at radius 2 is 2.10 bits per heavy atom. The van der Waals surface area contributed by atoms with E-state index in [1.54, 1.807) is 18.2 Å². The molecule has 0 aliphatic rings. The van der Waals surface area contributed by atoms with Gasteiger partial charge < -0.3 is 10.1 Å². The number of ether oxygens (including phenoxy) is 1. The first kappa shape index (κ1) is 15.1. The quantitative estimate of drug-likeness (QED) is 0.669. The van der Waals surface area contributed by atoms with E-state index in [-0.39, 0.29) is 17.9 Å². The van der Waals surface area contributed by atoms with Crippen molar-refractivity contribution in [2.75, 3.05) is 12.4 Å². The number of non-ortho nitro benzene ring substituents is 1. The molecule has 0 unspecified atom stereocenters. The molecule has 1 N–H and O–H groups in total. The van der Waals surface area contributed by atoms with Crippen molar-refractivity contribution < 1.29 is 14.1 Å². The van der Waals surface area contributed by atoms with Crippen molar-refractivity contribution in [2.24, 2.45) is 0 Å². The van der Waals surface area contributed by atoms with E-state index < -0.39 is 10.7 Å². The van der Waals surface area contributed by atoms with Gasteiger partial charge in [-0.2, -0.15) is 0 Å². The van der Waals surface area contributed by atoms with Crippen LogP contribution in [0.2, 0.25) is 5.02 Å². The molecule has 0 saturated carbocycles. The molecule has 0 radical (unpaired) electrons. The number of rotatable bonds is 5. The number of methoxy groups -OCH3 is 1. The van der Waals surface area contributed by atoms with Crippen LogP contribution >= 0.6 is 11.6 Å². The Hall–Kier alpha value is -2.34. The van der Waals surface area contributed by atoms with Gasteiger partial charge in [-0.25, -0.2) is 4.39 Å². The number of nitrogens with zero attached hydrogens (tertiary/aromatic N) is 1. The molecule has 0 heterocycles. The molecule has 0 amide bonds. The highest BCUT2D eigenvalue weighted by atomic mass is 35.5. The molecule has 0 aromatic heterocycles. The van der Waals surface area contributed by atoms with Crippen LogP contribution in [0, 0.1) is 15.9 Å². The van der Waals surface area contributed by atoms with Crippen LogP contribution < -0.4 is 10.1 Å². The topological polar surface area (TPSA) is 64.4 Å². The second-order valence-electron chi connectivity index (χ2n) is 4.23. The molecule has 0 fully saturated rings. The van der Waals surface area contributed by atoms with Crippen LogP contribution in [0.15, 0.2) is 36.4 Å². The zero-order chi connectivity index (χ0) is 15.4. The number of hydrogen-bond donors (Lipinski definition) is 1. The molecule has 2 rings (SSSR count). The molecule has 2 aromatic carbocycles. The van der Waals surface area contributed by atoms with Gasteiger partial charge >= 0.3 is 0 Å². The van der Waals surface area contributed by atoms with E-state index in [9.17, 15) is 14.5 Å². The molecule has 0 bridgehead atoms. The highest BCUT2D eigenvalue weighted by Gasteiger charge is 2.11. The van der Waals surface area contributed by atoms with Crippen molar-refractivity contribution >= 4 is 23.0 Å². The lowest BCUT2D eigenvalue weighted by molar-refractivity contribution is -0.385. The van der Waals surface area contributed by atoms with Crippen molar-refractivity contribution in [1.29, 1.82) is 0 Å². The van der Waals surface area contributed by atoms with Crippen LogP contribution in [-0.2, 0) is 6.54 Å². The first-order chi connectivity index (χ1) is 10.0. The summed E-state index contributed by atoms with van der Waals surface area (Å²) in [5, 5.41) is 14.0. The predicted molar refractivity (Wildman–Crippen MR) is 78.4 cm³/mol. The summed E-state index contributed by atoms with van der Waals surface area (Å²) in [5.41, 5.74) is 0.628. The van der Waals surface area contributed by atoms with Gasteiger partial charge in [-0.1, -0.05) is 11.6 Å². The number of benzene rings is 2. The monoisotopic (exact) mass is 310 g/mol. The van der Waals surface area contributed by atoms with Crippen LogP contribution in [0.1, 0.15) is 5.56 Å². The number of anilines is 1. The number of hydrogen-bond acceptors (Lipinski definition) is 4. The van der Waals surface area contributed by atoms with Crippen molar-refractivity contribution in [3.05, 3.63) is 62.9 Å². The largest absolute Gasteiger partial charge is 0.496 e. The normalized spacial score (nSPS) is 10.2. The Labute approximate surface area is 125 Å². The van der Waals surface area contributed by atoms with E-state index in [0.717, 1.165) is 11.6 Å².